The maximum absolute atomic E-state index is 12.3. The van der Waals surface area contributed by atoms with Crippen LogP contribution in [0.2, 0.25) is 0 Å². The minimum absolute atomic E-state index is 0.0699. The van der Waals surface area contributed by atoms with Crippen molar-refractivity contribution in [2.45, 2.75) is 45.6 Å². The van der Waals surface area contributed by atoms with Gasteiger partial charge >= 0.3 is 0 Å². The van der Waals surface area contributed by atoms with Gasteiger partial charge in [-0.1, -0.05) is 25.8 Å². The van der Waals surface area contributed by atoms with E-state index in [1.54, 1.807) is 19.3 Å². The molecule has 2 aromatic heterocycles. The third-order valence-corrected chi connectivity index (χ3v) is 3.70. The van der Waals surface area contributed by atoms with Gasteiger partial charge in [0, 0.05) is 23.7 Å². The zero-order valence-corrected chi connectivity index (χ0v) is 13.0. The number of hydrogen-bond acceptors (Lipinski definition) is 3. The van der Waals surface area contributed by atoms with E-state index in [-0.39, 0.29) is 23.9 Å². The van der Waals surface area contributed by atoms with Gasteiger partial charge in [0.2, 0.25) is 5.91 Å². The first-order valence-electron chi connectivity index (χ1n) is 7.57. The predicted octanol–water partition coefficient (Wildman–Crippen LogP) is 2.00. The Kier molecular flexibility index (Phi) is 5.52. The van der Waals surface area contributed by atoms with E-state index < -0.39 is 0 Å². The van der Waals surface area contributed by atoms with E-state index in [9.17, 15) is 9.59 Å². The highest BCUT2D eigenvalue weighted by Gasteiger charge is 2.17. The molecule has 3 N–H and O–H groups in total. The van der Waals surface area contributed by atoms with Crippen LogP contribution in [0, 0.1) is 6.92 Å². The predicted molar refractivity (Wildman–Crippen MR) is 84.5 cm³/mol. The summed E-state index contributed by atoms with van der Waals surface area (Å²) in [7, 11) is 0. The molecule has 1 amide bonds. The number of rotatable bonds is 7. The third kappa shape index (κ3) is 4.07. The number of unbranched alkanes of at least 4 members (excludes halogenated alkanes) is 1. The van der Waals surface area contributed by atoms with Gasteiger partial charge < -0.3 is 10.4 Å². The average molecular weight is 302 g/mol. The molecule has 22 heavy (non-hydrogen) atoms. The molecule has 2 heterocycles. The normalized spacial score (nSPS) is 12.1. The molecule has 0 saturated heterocycles. The number of aromatic nitrogens is 3. The van der Waals surface area contributed by atoms with E-state index in [4.69, 9.17) is 0 Å². The highest BCUT2D eigenvalue weighted by atomic mass is 16.2. The lowest BCUT2D eigenvalue weighted by molar-refractivity contribution is -0.121. The van der Waals surface area contributed by atoms with E-state index in [0.717, 1.165) is 24.8 Å². The van der Waals surface area contributed by atoms with Crippen LogP contribution in [0.25, 0.3) is 0 Å². The van der Waals surface area contributed by atoms with Gasteiger partial charge in [-0.05, 0) is 25.0 Å². The number of aryl methyl sites for hydroxylation is 1. The van der Waals surface area contributed by atoms with Crippen molar-refractivity contribution >= 4 is 5.91 Å². The van der Waals surface area contributed by atoms with Gasteiger partial charge in [-0.25, -0.2) is 0 Å². The maximum Gasteiger partial charge on any atom is 0.267 e. The fourth-order valence-electron chi connectivity index (χ4n) is 2.40. The number of pyridine rings is 1. The lowest BCUT2D eigenvalue weighted by atomic mass is 10.0. The van der Waals surface area contributed by atoms with Crippen LogP contribution < -0.4 is 10.9 Å². The fraction of sp³-hybridized carbons (Fsp3) is 0.438. The van der Waals surface area contributed by atoms with E-state index in [2.05, 4.69) is 27.4 Å². The molecule has 2 aromatic rings. The van der Waals surface area contributed by atoms with Gasteiger partial charge in [0.1, 0.15) is 0 Å². The molecule has 0 saturated carbocycles. The van der Waals surface area contributed by atoms with Crippen molar-refractivity contribution in [1.82, 2.24) is 20.5 Å². The number of nitrogens with one attached hydrogen (secondary N) is 3. The molecule has 0 fully saturated rings. The van der Waals surface area contributed by atoms with Crippen LogP contribution in [0.15, 0.2) is 29.3 Å². The summed E-state index contributed by atoms with van der Waals surface area (Å²) in [6, 6.07) is 3.75. The largest absolute Gasteiger partial charge is 0.349 e. The first kappa shape index (κ1) is 16.0. The number of H-pyrrole nitrogens is 2. The van der Waals surface area contributed by atoms with E-state index in [1.807, 2.05) is 12.1 Å². The minimum atomic E-state index is -0.237. The minimum Gasteiger partial charge on any atom is -0.349 e. The zero-order valence-electron chi connectivity index (χ0n) is 13.0. The van der Waals surface area contributed by atoms with Crippen LogP contribution in [0.4, 0.5) is 0 Å². The average Bonchev–Trinajstić information content (AvgIpc) is 2.84. The van der Waals surface area contributed by atoms with E-state index >= 15 is 0 Å². The molecule has 1 atom stereocenters. The zero-order chi connectivity index (χ0) is 15.9. The Morgan fingerprint density at radius 3 is 2.82 bits per heavy atom. The number of carbonyl (C=O) groups excluding carboxylic acids is 1. The summed E-state index contributed by atoms with van der Waals surface area (Å²) in [4.78, 5) is 28.0. The van der Waals surface area contributed by atoms with Gasteiger partial charge in [0.05, 0.1) is 12.5 Å². The lowest BCUT2D eigenvalue weighted by Gasteiger charge is -2.18. The summed E-state index contributed by atoms with van der Waals surface area (Å²) in [6.07, 6.45) is 6.50. The van der Waals surface area contributed by atoms with Crippen LogP contribution in [0.1, 0.15) is 49.0 Å². The maximum atomic E-state index is 12.3. The Bertz CT molecular complexity index is 660. The van der Waals surface area contributed by atoms with E-state index in [1.165, 1.54) is 0 Å². The molecule has 1 unspecified atom stereocenters. The molecule has 2 rings (SSSR count). The number of aromatic amines is 2. The second kappa shape index (κ2) is 7.59. The fourth-order valence-corrected chi connectivity index (χ4v) is 2.40. The summed E-state index contributed by atoms with van der Waals surface area (Å²) < 4.78 is 0. The summed E-state index contributed by atoms with van der Waals surface area (Å²) in [6.45, 7) is 3.89. The molecule has 0 aromatic carbocycles. The van der Waals surface area contributed by atoms with Crippen LogP contribution in [0.5, 0.6) is 0 Å². The van der Waals surface area contributed by atoms with Gasteiger partial charge in [0.25, 0.3) is 5.56 Å². The van der Waals surface area contributed by atoms with Crippen molar-refractivity contribution in [3.05, 3.63) is 51.7 Å². The van der Waals surface area contributed by atoms with Crippen molar-refractivity contribution in [2.24, 2.45) is 0 Å². The van der Waals surface area contributed by atoms with Gasteiger partial charge in [0.15, 0.2) is 0 Å². The van der Waals surface area contributed by atoms with Crippen molar-refractivity contribution in [3.8, 4) is 0 Å². The number of hydrogen-bond donors (Lipinski definition) is 3. The number of nitrogens with zero attached hydrogens (tertiary/aromatic N) is 1. The monoisotopic (exact) mass is 302 g/mol. The standard InChI is InChI=1S/C16H22N4O2/c1-3-4-7-14(12-6-5-8-17-10-12)18-15(21)9-13-11(2)19-20-16(13)22/h5-6,8,10,14H,3-4,7,9H2,1-2H3,(H,18,21)(H2,19,20,22). The highest BCUT2D eigenvalue weighted by molar-refractivity contribution is 5.79. The van der Waals surface area contributed by atoms with Crippen molar-refractivity contribution < 1.29 is 4.79 Å². The van der Waals surface area contributed by atoms with Crippen molar-refractivity contribution in [1.29, 1.82) is 0 Å². The molecular weight excluding hydrogens is 280 g/mol. The van der Waals surface area contributed by atoms with Crippen LogP contribution in [0.3, 0.4) is 0 Å². The number of carbonyl (C=O) groups is 1. The van der Waals surface area contributed by atoms with Crippen molar-refractivity contribution in [2.75, 3.05) is 0 Å². The molecule has 118 valence electrons. The van der Waals surface area contributed by atoms with Crippen molar-refractivity contribution in [3.63, 3.8) is 0 Å². The summed E-state index contributed by atoms with van der Waals surface area (Å²) in [5.41, 5.74) is 1.94. The molecule has 6 heteroatoms. The lowest BCUT2D eigenvalue weighted by Crippen LogP contribution is -2.31. The summed E-state index contributed by atoms with van der Waals surface area (Å²) in [5, 5.41) is 8.24. The van der Waals surface area contributed by atoms with Gasteiger partial charge in [-0.2, -0.15) is 0 Å². The second-order valence-corrected chi connectivity index (χ2v) is 5.41. The molecule has 0 aliphatic rings. The molecule has 0 aliphatic heterocycles. The topological polar surface area (TPSA) is 90.6 Å². The molecular formula is C16H22N4O2. The first-order chi connectivity index (χ1) is 10.6. The molecule has 0 bridgehead atoms. The van der Waals surface area contributed by atoms with Crippen LogP contribution >= 0.6 is 0 Å². The van der Waals surface area contributed by atoms with Gasteiger partial charge in [-0.3, -0.25) is 19.7 Å². The highest BCUT2D eigenvalue weighted by Crippen LogP contribution is 2.18. The Hall–Kier alpha value is -2.37. The summed E-state index contributed by atoms with van der Waals surface area (Å²) in [5.74, 6) is -0.154. The van der Waals surface area contributed by atoms with Crippen LogP contribution in [-0.2, 0) is 11.2 Å². The molecule has 6 nitrogen and oxygen atoms in total. The Labute approximate surface area is 129 Å². The van der Waals surface area contributed by atoms with Gasteiger partial charge in [-0.15, -0.1) is 0 Å². The third-order valence-electron chi connectivity index (χ3n) is 3.70. The SMILES string of the molecule is CCCCC(NC(=O)Cc1c(C)[nH][nH]c1=O)c1cccnc1. The first-order valence-corrected chi connectivity index (χ1v) is 7.57. The quantitative estimate of drug-likeness (QED) is 0.730. The Balaban J connectivity index is 2.06. The van der Waals surface area contributed by atoms with E-state index in [0.29, 0.717) is 11.3 Å². The Morgan fingerprint density at radius 1 is 1.41 bits per heavy atom. The Morgan fingerprint density at radius 2 is 2.23 bits per heavy atom. The second-order valence-electron chi connectivity index (χ2n) is 5.41. The smallest absolute Gasteiger partial charge is 0.267 e. The molecule has 0 aliphatic carbocycles. The number of amides is 1. The molecule has 0 radical (unpaired) electrons. The van der Waals surface area contributed by atoms with Crippen LogP contribution in [-0.4, -0.2) is 21.1 Å². The summed E-state index contributed by atoms with van der Waals surface area (Å²) >= 11 is 0. The molecule has 0 spiro atoms.